The summed E-state index contributed by atoms with van der Waals surface area (Å²) < 4.78 is 24.2. The molecule has 0 radical (unpaired) electrons. The summed E-state index contributed by atoms with van der Waals surface area (Å²) in [6.07, 6.45) is 0.968. The van der Waals surface area contributed by atoms with Gasteiger partial charge in [0.05, 0.1) is 17.5 Å². The lowest BCUT2D eigenvalue weighted by atomic mass is 10.1. The molecule has 152 valence electrons. The van der Waals surface area contributed by atoms with Crippen LogP contribution in [0.25, 0.3) is 0 Å². The minimum Gasteiger partial charge on any atom is -0.342 e. The molecule has 0 aliphatic carbocycles. The molecule has 1 amide bonds. The maximum atomic E-state index is 12.5. The van der Waals surface area contributed by atoms with Crippen molar-refractivity contribution in [2.24, 2.45) is 4.99 Å². The Bertz CT molecular complexity index is 1020. The number of amidine groups is 1. The molecule has 0 N–H and O–H groups in total. The van der Waals surface area contributed by atoms with Crippen LogP contribution in [0, 0.1) is 0 Å². The van der Waals surface area contributed by atoms with Gasteiger partial charge in [-0.2, -0.15) is 4.99 Å². The second-order valence-electron chi connectivity index (χ2n) is 7.33. The molecule has 2 saturated heterocycles. The third-order valence-corrected chi connectivity index (χ3v) is 8.63. The maximum Gasteiger partial charge on any atom is 0.248 e. The van der Waals surface area contributed by atoms with Crippen LogP contribution in [0.2, 0.25) is 5.02 Å². The highest BCUT2D eigenvalue weighted by Crippen LogP contribution is 2.39. The number of rotatable bonds is 5. The number of fused-ring (bicyclic) bond motifs is 1. The second-order valence-corrected chi connectivity index (χ2v) is 11.1. The summed E-state index contributed by atoms with van der Waals surface area (Å²) in [5.41, 5.74) is 2.10. The first-order valence-electron chi connectivity index (χ1n) is 9.43. The second kappa shape index (κ2) is 8.50. The van der Waals surface area contributed by atoms with E-state index < -0.39 is 9.84 Å². The summed E-state index contributed by atoms with van der Waals surface area (Å²) in [5, 5.41) is 1.20. The molecule has 2 atom stereocenters. The molecule has 2 aliphatic rings. The van der Waals surface area contributed by atoms with Gasteiger partial charge in [-0.05, 0) is 29.7 Å². The fourth-order valence-corrected chi connectivity index (χ4v) is 7.76. The van der Waals surface area contributed by atoms with E-state index in [-0.39, 0.29) is 28.7 Å². The molecule has 2 fully saturated rings. The highest BCUT2D eigenvalue weighted by atomic mass is 35.5. The fraction of sp³-hybridized carbons (Fsp3) is 0.333. The van der Waals surface area contributed by atoms with E-state index in [1.807, 2.05) is 59.5 Å². The summed E-state index contributed by atoms with van der Waals surface area (Å²) in [5.74, 6) is 0.0619. The first kappa shape index (κ1) is 20.4. The summed E-state index contributed by atoms with van der Waals surface area (Å²) in [6, 6.07) is 17.1. The first-order chi connectivity index (χ1) is 13.9. The maximum absolute atomic E-state index is 12.5. The van der Waals surface area contributed by atoms with E-state index in [9.17, 15) is 13.2 Å². The molecular formula is C21H21ClN2O3S2. The Morgan fingerprint density at radius 2 is 1.79 bits per heavy atom. The Morgan fingerprint density at radius 1 is 1.07 bits per heavy atom. The Hall–Kier alpha value is -1.83. The van der Waals surface area contributed by atoms with Crippen molar-refractivity contribution in [1.82, 2.24) is 4.90 Å². The highest BCUT2D eigenvalue weighted by Gasteiger charge is 2.48. The van der Waals surface area contributed by atoms with Gasteiger partial charge in [-0.3, -0.25) is 4.79 Å². The average Bonchev–Trinajstić information content (AvgIpc) is 3.15. The van der Waals surface area contributed by atoms with Gasteiger partial charge < -0.3 is 4.90 Å². The van der Waals surface area contributed by atoms with E-state index in [0.717, 1.165) is 11.1 Å². The predicted molar refractivity (Wildman–Crippen MR) is 118 cm³/mol. The SMILES string of the molecule is O=C(CCc1ccccc1)N=C1S[C@H]2CS(=O)(=O)C[C@@H]2N1Cc1ccc(Cl)cc1. The van der Waals surface area contributed by atoms with Crippen LogP contribution in [0.5, 0.6) is 0 Å². The molecule has 2 heterocycles. The number of halogens is 1. The zero-order valence-corrected chi connectivity index (χ0v) is 18.1. The Labute approximate surface area is 180 Å². The Balaban J connectivity index is 1.51. The number of hydrogen-bond donors (Lipinski definition) is 0. The zero-order valence-electron chi connectivity index (χ0n) is 15.7. The van der Waals surface area contributed by atoms with Crippen LogP contribution in [-0.4, -0.2) is 47.2 Å². The van der Waals surface area contributed by atoms with Gasteiger partial charge in [0, 0.05) is 23.2 Å². The van der Waals surface area contributed by atoms with Crippen molar-refractivity contribution in [3.8, 4) is 0 Å². The van der Waals surface area contributed by atoms with Crippen molar-refractivity contribution in [3.63, 3.8) is 0 Å². The molecule has 0 aromatic heterocycles. The molecule has 8 heteroatoms. The lowest BCUT2D eigenvalue weighted by molar-refractivity contribution is -0.117. The number of aliphatic imine (C=N–C) groups is 1. The number of benzene rings is 2. The number of thioether (sulfide) groups is 1. The number of carbonyl (C=O) groups excluding carboxylic acids is 1. The third-order valence-electron chi connectivity index (χ3n) is 5.13. The Kier molecular flexibility index (Phi) is 5.99. The number of hydrogen-bond acceptors (Lipinski definition) is 4. The topological polar surface area (TPSA) is 66.8 Å². The van der Waals surface area contributed by atoms with Crippen molar-refractivity contribution in [3.05, 3.63) is 70.7 Å². The van der Waals surface area contributed by atoms with Crippen LogP contribution in [0.3, 0.4) is 0 Å². The number of sulfone groups is 1. The molecule has 2 aromatic carbocycles. The van der Waals surface area contributed by atoms with Crippen LogP contribution in [-0.2, 0) is 27.6 Å². The summed E-state index contributed by atoms with van der Waals surface area (Å²) in [6.45, 7) is 0.506. The lowest BCUT2D eigenvalue weighted by Gasteiger charge is -2.24. The molecule has 0 spiro atoms. The zero-order chi connectivity index (χ0) is 20.4. The third kappa shape index (κ3) is 5.02. The molecule has 0 bridgehead atoms. The Morgan fingerprint density at radius 3 is 2.52 bits per heavy atom. The number of nitrogens with zero attached hydrogens (tertiary/aromatic N) is 2. The van der Waals surface area contributed by atoms with Crippen molar-refractivity contribution < 1.29 is 13.2 Å². The van der Waals surface area contributed by atoms with Crippen LogP contribution in [0.4, 0.5) is 0 Å². The molecular weight excluding hydrogens is 428 g/mol. The van der Waals surface area contributed by atoms with Crippen molar-refractivity contribution >= 4 is 44.3 Å². The quantitative estimate of drug-likeness (QED) is 0.699. The first-order valence-corrected chi connectivity index (χ1v) is 12.5. The van der Waals surface area contributed by atoms with Gasteiger partial charge in [-0.15, -0.1) is 0 Å². The van der Waals surface area contributed by atoms with Crippen LogP contribution >= 0.6 is 23.4 Å². The van der Waals surface area contributed by atoms with E-state index in [0.29, 0.717) is 29.6 Å². The summed E-state index contributed by atoms with van der Waals surface area (Å²) >= 11 is 7.39. The van der Waals surface area contributed by atoms with Gasteiger partial charge in [-0.1, -0.05) is 65.8 Å². The monoisotopic (exact) mass is 448 g/mol. The molecule has 0 unspecified atom stereocenters. The molecule has 4 rings (SSSR count). The van der Waals surface area contributed by atoms with Crippen LogP contribution in [0.1, 0.15) is 17.5 Å². The highest BCUT2D eigenvalue weighted by molar-refractivity contribution is 8.15. The molecule has 29 heavy (non-hydrogen) atoms. The number of aryl methyl sites for hydroxylation is 1. The molecule has 0 saturated carbocycles. The number of carbonyl (C=O) groups is 1. The standard InChI is InChI=1S/C21H21ClN2O3S2/c22-17-9-6-16(7-10-17)12-24-18-13-29(26,27)14-19(18)28-21(24)23-20(25)11-8-15-4-2-1-3-5-15/h1-7,9-10,18-19H,8,11-14H2/t18-,19-/m0/s1. The van der Waals surface area contributed by atoms with Gasteiger partial charge in [-0.25, -0.2) is 8.42 Å². The van der Waals surface area contributed by atoms with Gasteiger partial charge in [0.25, 0.3) is 0 Å². The molecule has 5 nitrogen and oxygen atoms in total. The van der Waals surface area contributed by atoms with Gasteiger partial charge >= 0.3 is 0 Å². The minimum absolute atomic E-state index is 0.0760. The molecule has 2 aromatic rings. The van der Waals surface area contributed by atoms with Crippen LogP contribution in [0.15, 0.2) is 59.6 Å². The van der Waals surface area contributed by atoms with E-state index in [4.69, 9.17) is 11.6 Å². The van der Waals surface area contributed by atoms with Crippen molar-refractivity contribution in [2.45, 2.75) is 30.7 Å². The average molecular weight is 449 g/mol. The van der Waals surface area contributed by atoms with Crippen molar-refractivity contribution in [2.75, 3.05) is 11.5 Å². The largest absolute Gasteiger partial charge is 0.342 e. The lowest BCUT2D eigenvalue weighted by Crippen LogP contribution is -2.37. The van der Waals surface area contributed by atoms with Gasteiger partial charge in [0.15, 0.2) is 15.0 Å². The van der Waals surface area contributed by atoms with E-state index in [1.54, 1.807) is 0 Å². The fourth-order valence-electron chi connectivity index (χ4n) is 3.67. The summed E-state index contributed by atoms with van der Waals surface area (Å²) in [7, 11) is -3.06. The van der Waals surface area contributed by atoms with E-state index in [1.165, 1.54) is 11.8 Å². The minimum atomic E-state index is -3.06. The van der Waals surface area contributed by atoms with Crippen molar-refractivity contribution in [1.29, 1.82) is 0 Å². The van der Waals surface area contributed by atoms with E-state index >= 15 is 0 Å². The number of amides is 1. The smallest absolute Gasteiger partial charge is 0.248 e. The molecule has 2 aliphatic heterocycles. The van der Waals surface area contributed by atoms with Gasteiger partial charge in [0.2, 0.25) is 5.91 Å². The van der Waals surface area contributed by atoms with Gasteiger partial charge in [0.1, 0.15) is 0 Å². The normalized spacial score (nSPS) is 24.0. The predicted octanol–water partition coefficient (Wildman–Crippen LogP) is 3.57. The van der Waals surface area contributed by atoms with Crippen LogP contribution < -0.4 is 0 Å². The van der Waals surface area contributed by atoms with E-state index in [2.05, 4.69) is 4.99 Å². The summed E-state index contributed by atoms with van der Waals surface area (Å²) in [4.78, 5) is 18.8.